The van der Waals surface area contributed by atoms with Crippen molar-refractivity contribution in [3.8, 4) is 5.75 Å². The summed E-state index contributed by atoms with van der Waals surface area (Å²) in [5.41, 5.74) is 0.659. The summed E-state index contributed by atoms with van der Waals surface area (Å²) >= 11 is 5.73. The Labute approximate surface area is 106 Å². The Hall–Kier alpha value is -1.48. The molecule has 1 atom stereocenters. The third-order valence-electron chi connectivity index (χ3n) is 2.48. The maximum atomic E-state index is 11.0. The van der Waals surface area contributed by atoms with Gasteiger partial charge in [-0.3, -0.25) is 4.79 Å². The van der Waals surface area contributed by atoms with Crippen LogP contribution in [0.1, 0.15) is 13.3 Å². The minimum absolute atomic E-state index is 0.0869. The van der Waals surface area contributed by atoms with E-state index in [-0.39, 0.29) is 6.61 Å². The van der Waals surface area contributed by atoms with Crippen LogP contribution in [0, 0.1) is 5.92 Å². The Morgan fingerprint density at radius 3 is 2.53 bits per heavy atom. The third kappa shape index (κ3) is 4.11. The van der Waals surface area contributed by atoms with E-state index in [1.54, 1.807) is 24.3 Å². The van der Waals surface area contributed by atoms with Gasteiger partial charge in [0.05, 0.1) is 0 Å². The van der Waals surface area contributed by atoms with Crippen molar-refractivity contribution in [1.82, 2.24) is 0 Å². The van der Waals surface area contributed by atoms with E-state index in [1.165, 1.54) is 0 Å². The SMILES string of the molecule is C=C(CC)[C@@H](COc1ccc(Cl)cc1)C(=O)O. The van der Waals surface area contributed by atoms with Crippen molar-refractivity contribution in [2.75, 3.05) is 6.61 Å². The average molecular weight is 255 g/mol. The van der Waals surface area contributed by atoms with Crippen LogP contribution in [-0.4, -0.2) is 17.7 Å². The second-order valence-corrected chi connectivity index (χ2v) is 4.10. The summed E-state index contributed by atoms with van der Waals surface area (Å²) in [5.74, 6) is -0.981. The molecule has 0 unspecified atom stereocenters. The normalized spacial score (nSPS) is 11.9. The summed E-state index contributed by atoms with van der Waals surface area (Å²) in [5, 5.41) is 9.65. The van der Waals surface area contributed by atoms with Gasteiger partial charge in [0.25, 0.3) is 0 Å². The Kier molecular flexibility index (Phi) is 5.04. The van der Waals surface area contributed by atoms with Crippen molar-refractivity contribution >= 4 is 17.6 Å². The molecule has 92 valence electrons. The number of carboxylic acids is 1. The van der Waals surface area contributed by atoms with Gasteiger partial charge >= 0.3 is 5.97 Å². The lowest BCUT2D eigenvalue weighted by atomic mass is 10.00. The molecule has 0 amide bonds. The van der Waals surface area contributed by atoms with Crippen LogP contribution in [0.5, 0.6) is 5.75 Å². The molecule has 0 spiro atoms. The zero-order chi connectivity index (χ0) is 12.8. The number of ether oxygens (including phenoxy) is 1. The number of aliphatic carboxylic acids is 1. The van der Waals surface area contributed by atoms with Gasteiger partial charge in [-0.25, -0.2) is 0 Å². The van der Waals surface area contributed by atoms with Crippen LogP contribution < -0.4 is 4.74 Å². The van der Waals surface area contributed by atoms with Crippen molar-refractivity contribution in [1.29, 1.82) is 0 Å². The van der Waals surface area contributed by atoms with Crippen molar-refractivity contribution in [2.45, 2.75) is 13.3 Å². The highest BCUT2D eigenvalue weighted by molar-refractivity contribution is 6.30. The van der Waals surface area contributed by atoms with Crippen LogP contribution in [-0.2, 0) is 4.79 Å². The predicted molar refractivity (Wildman–Crippen MR) is 67.5 cm³/mol. The quantitative estimate of drug-likeness (QED) is 0.792. The molecule has 1 rings (SSSR count). The molecule has 0 heterocycles. The molecule has 1 aromatic rings. The number of halogens is 1. The molecular weight excluding hydrogens is 240 g/mol. The average Bonchev–Trinajstić information content (AvgIpc) is 2.31. The van der Waals surface area contributed by atoms with E-state index in [0.717, 1.165) is 0 Å². The van der Waals surface area contributed by atoms with E-state index in [0.29, 0.717) is 22.8 Å². The van der Waals surface area contributed by atoms with Crippen LogP contribution in [0.25, 0.3) is 0 Å². The first-order valence-corrected chi connectivity index (χ1v) is 5.71. The molecule has 1 N–H and O–H groups in total. The van der Waals surface area contributed by atoms with E-state index in [1.807, 2.05) is 6.92 Å². The van der Waals surface area contributed by atoms with Gasteiger partial charge in [-0.2, -0.15) is 0 Å². The van der Waals surface area contributed by atoms with Crippen LogP contribution >= 0.6 is 11.6 Å². The number of carbonyl (C=O) groups is 1. The van der Waals surface area contributed by atoms with Gasteiger partial charge in [-0.05, 0) is 30.7 Å². The molecule has 0 radical (unpaired) electrons. The highest BCUT2D eigenvalue weighted by Gasteiger charge is 2.20. The van der Waals surface area contributed by atoms with Crippen LogP contribution in [0.2, 0.25) is 5.02 Å². The van der Waals surface area contributed by atoms with Crippen molar-refractivity contribution < 1.29 is 14.6 Å². The van der Waals surface area contributed by atoms with Crippen LogP contribution in [0.3, 0.4) is 0 Å². The summed E-state index contributed by atoms with van der Waals surface area (Å²) in [4.78, 5) is 11.0. The van der Waals surface area contributed by atoms with E-state index < -0.39 is 11.9 Å². The molecule has 0 bridgehead atoms. The van der Waals surface area contributed by atoms with Crippen molar-refractivity contribution in [2.24, 2.45) is 5.92 Å². The fourth-order valence-electron chi connectivity index (χ4n) is 1.32. The van der Waals surface area contributed by atoms with Gasteiger partial charge in [-0.1, -0.05) is 30.7 Å². The lowest BCUT2D eigenvalue weighted by Gasteiger charge is -2.15. The minimum Gasteiger partial charge on any atom is -0.492 e. The van der Waals surface area contributed by atoms with Gasteiger partial charge in [-0.15, -0.1) is 0 Å². The number of hydrogen-bond donors (Lipinski definition) is 1. The Bertz CT molecular complexity index is 398. The molecule has 0 saturated carbocycles. The molecule has 3 nitrogen and oxygen atoms in total. The second kappa shape index (κ2) is 6.30. The molecule has 0 aliphatic carbocycles. The molecule has 1 aromatic carbocycles. The van der Waals surface area contributed by atoms with E-state index >= 15 is 0 Å². The molecular formula is C13H15ClO3. The molecule has 0 fully saturated rings. The Morgan fingerprint density at radius 1 is 1.47 bits per heavy atom. The summed E-state index contributed by atoms with van der Waals surface area (Å²) < 4.78 is 5.41. The van der Waals surface area contributed by atoms with Crippen molar-refractivity contribution in [3.05, 3.63) is 41.4 Å². The standard InChI is InChI=1S/C13H15ClO3/c1-3-9(2)12(13(15)16)8-17-11-6-4-10(14)5-7-11/h4-7,12H,2-3,8H2,1H3,(H,15,16)/t12-/m1/s1. The fraction of sp³-hybridized carbons (Fsp3) is 0.308. The van der Waals surface area contributed by atoms with Crippen molar-refractivity contribution in [3.63, 3.8) is 0 Å². The highest BCUT2D eigenvalue weighted by Crippen LogP contribution is 2.19. The topological polar surface area (TPSA) is 46.5 Å². The van der Waals surface area contributed by atoms with Crippen LogP contribution in [0.4, 0.5) is 0 Å². The third-order valence-corrected chi connectivity index (χ3v) is 2.73. The smallest absolute Gasteiger partial charge is 0.314 e. The molecule has 0 aromatic heterocycles. The second-order valence-electron chi connectivity index (χ2n) is 3.67. The Morgan fingerprint density at radius 2 is 2.06 bits per heavy atom. The maximum Gasteiger partial charge on any atom is 0.314 e. The first-order valence-electron chi connectivity index (χ1n) is 5.33. The fourth-order valence-corrected chi connectivity index (χ4v) is 1.45. The van der Waals surface area contributed by atoms with Gasteiger partial charge in [0.15, 0.2) is 0 Å². The molecule has 4 heteroatoms. The predicted octanol–water partition coefficient (Wildman–Crippen LogP) is 3.39. The summed E-state index contributed by atoms with van der Waals surface area (Å²) in [6.45, 7) is 5.70. The zero-order valence-electron chi connectivity index (χ0n) is 9.65. The number of carboxylic acid groups (broad SMARTS) is 1. The highest BCUT2D eigenvalue weighted by atomic mass is 35.5. The first kappa shape index (κ1) is 13.6. The summed E-state index contributed by atoms with van der Waals surface area (Å²) in [7, 11) is 0. The van der Waals surface area contributed by atoms with Gasteiger partial charge in [0.2, 0.25) is 0 Å². The monoisotopic (exact) mass is 254 g/mol. The van der Waals surface area contributed by atoms with E-state index in [2.05, 4.69) is 6.58 Å². The molecule has 0 aliphatic heterocycles. The van der Waals surface area contributed by atoms with E-state index in [4.69, 9.17) is 21.4 Å². The first-order chi connectivity index (χ1) is 8.04. The lowest BCUT2D eigenvalue weighted by molar-refractivity contribution is -0.141. The summed E-state index contributed by atoms with van der Waals surface area (Å²) in [6, 6.07) is 6.80. The zero-order valence-corrected chi connectivity index (χ0v) is 10.4. The van der Waals surface area contributed by atoms with Gasteiger partial charge < -0.3 is 9.84 Å². The number of benzene rings is 1. The van der Waals surface area contributed by atoms with Gasteiger partial charge in [0.1, 0.15) is 18.3 Å². The Balaban J connectivity index is 2.61. The van der Waals surface area contributed by atoms with Crippen LogP contribution in [0.15, 0.2) is 36.4 Å². The van der Waals surface area contributed by atoms with Gasteiger partial charge in [0, 0.05) is 5.02 Å². The lowest BCUT2D eigenvalue weighted by Crippen LogP contribution is -2.23. The number of rotatable bonds is 6. The minimum atomic E-state index is -0.911. The summed E-state index contributed by atoms with van der Waals surface area (Å²) in [6.07, 6.45) is 0.626. The molecule has 0 aliphatic rings. The largest absolute Gasteiger partial charge is 0.492 e. The van der Waals surface area contributed by atoms with E-state index in [9.17, 15) is 4.79 Å². The maximum absolute atomic E-state index is 11.0. The molecule has 0 saturated heterocycles. The molecule has 17 heavy (non-hydrogen) atoms. The number of hydrogen-bond acceptors (Lipinski definition) is 2.